The van der Waals surface area contributed by atoms with Crippen molar-refractivity contribution >= 4 is 41.8 Å². The van der Waals surface area contributed by atoms with Crippen LogP contribution in [0.3, 0.4) is 0 Å². The molecule has 0 saturated heterocycles. The summed E-state index contributed by atoms with van der Waals surface area (Å²) in [5.41, 5.74) is -0.941. The van der Waals surface area contributed by atoms with E-state index in [0.29, 0.717) is 17.9 Å². The van der Waals surface area contributed by atoms with E-state index >= 15 is 17.6 Å². The van der Waals surface area contributed by atoms with Gasteiger partial charge in [-0.25, -0.2) is 30.9 Å². The largest absolute Gasteiger partial charge is 0.497 e. The van der Waals surface area contributed by atoms with Crippen LogP contribution in [0.5, 0.6) is 51.7 Å². The number of hydrogen-bond acceptors (Lipinski definition) is 15. The molecule has 0 unspecified atom stereocenters. The SMILES string of the molecule is COc1ccc(Oc2ccc(S(=O)(=O)c3ccc(Oc4c(F)c(F)c(Oc5ccc(S(=O)(=O)c6ccc(Oc7c(F)c(F)c(C)c(F)c7F)cc6)cc5)c(F)c4F)c(SOOO)c3)cc2S(=O)(=O)O)cc1. The van der Waals surface area contributed by atoms with Gasteiger partial charge in [0.25, 0.3) is 10.1 Å². The molecule has 27 heteroatoms. The van der Waals surface area contributed by atoms with E-state index in [0.717, 1.165) is 79.7 Å². The fourth-order valence-corrected chi connectivity index (χ4v) is 9.98. The zero-order chi connectivity index (χ0) is 51.7. The molecule has 0 aliphatic rings. The van der Waals surface area contributed by atoms with Crippen molar-refractivity contribution in [2.75, 3.05) is 7.11 Å². The van der Waals surface area contributed by atoms with Crippen LogP contribution in [0.4, 0.5) is 35.1 Å². The summed E-state index contributed by atoms with van der Waals surface area (Å²) in [4.78, 5) is -3.99. The minimum absolute atomic E-state index is 0.0451. The predicted octanol–water partition coefficient (Wildman–Crippen LogP) is 11.6. The molecule has 0 spiro atoms. The highest BCUT2D eigenvalue weighted by atomic mass is 32.2. The van der Waals surface area contributed by atoms with E-state index in [-0.39, 0.29) is 17.8 Å². The maximum atomic E-state index is 15.5. The second-order valence-corrected chi connectivity index (χ2v) is 20.1. The number of ether oxygens (including phenoxy) is 5. The van der Waals surface area contributed by atoms with Crippen LogP contribution in [-0.2, 0) is 39.2 Å². The smallest absolute Gasteiger partial charge is 0.298 e. The lowest BCUT2D eigenvalue weighted by molar-refractivity contribution is -0.432. The monoisotopic (exact) mass is 1070 g/mol. The van der Waals surface area contributed by atoms with Gasteiger partial charge in [0.1, 0.15) is 39.4 Å². The molecule has 71 heavy (non-hydrogen) atoms. The molecular formula is C44H26F8O15S4. The Morgan fingerprint density at radius 1 is 0.451 bits per heavy atom. The molecule has 7 rings (SSSR count). The zero-order valence-corrected chi connectivity index (χ0v) is 38.5. The van der Waals surface area contributed by atoms with E-state index < -0.39 is 152 Å². The average Bonchev–Trinajstić information content (AvgIpc) is 3.35. The highest BCUT2D eigenvalue weighted by Gasteiger charge is 2.32. The van der Waals surface area contributed by atoms with Crippen molar-refractivity contribution in [2.24, 2.45) is 0 Å². The third-order valence-electron chi connectivity index (χ3n) is 9.72. The van der Waals surface area contributed by atoms with Crippen molar-refractivity contribution in [3.8, 4) is 51.7 Å². The minimum atomic E-state index is -5.16. The van der Waals surface area contributed by atoms with Gasteiger partial charge in [-0.3, -0.25) is 4.55 Å². The summed E-state index contributed by atoms with van der Waals surface area (Å²) in [6.45, 7) is 0.793. The van der Waals surface area contributed by atoms with Crippen molar-refractivity contribution in [1.29, 1.82) is 0 Å². The second-order valence-electron chi connectivity index (χ2n) is 14.1. The second kappa shape index (κ2) is 20.4. The Hall–Kier alpha value is -6.98. The molecule has 15 nitrogen and oxygen atoms in total. The standard InChI is InChI=1S/C44H26F8O15S4/c1-21-34(45)36(47)42(37(48)35(21)46)63-24-7-11-26(12-8-24)69(54,55)27-13-9-25(10-14-27)64-43-38(49)40(51)44(41(52)39(43)50)65-30-17-15-28(19-32(30)68-67-66-53)70(56,57)29-16-18-31(33(20-29)71(58,59)60)62-23-5-3-22(61-2)4-6-23/h3-20,53H,1-2H3,(H,58,59,60). The predicted molar refractivity (Wildman–Crippen MR) is 228 cm³/mol. The summed E-state index contributed by atoms with van der Waals surface area (Å²) in [5.74, 6) is -22.6. The van der Waals surface area contributed by atoms with Crippen LogP contribution < -0.4 is 23.7 Å². The molecule has 7 aromatic rings. The molecule has 0 amide bonds. The fourth-order valence-electron chi connectivity index (χ4n) is 6.14. The molecule has 0 saturated carbocycles. The van der Waals surface area contributed by atoms with E-state index in [1.54, 1.807) is 0 Å². The van der Waals surface area contributed by atoms with Gasteiger partial charge in [-0.05, 0) is 116 Å². The Bertz CT molecular complexity index is 3490. The summed E-state index contributed by atoms with van der Waals surface area (Å²) in [6, 6.07) is 17.3. The van der Waals surface area contributed by atoms with Gasteiger partial charge in [0.05, 0.1) is 43.6 Å². The van der Waals surface area contributed by atoms with Crippen LogP contribution >= 0.6 is 12.0 Å². The Balaban J connectivity index is 1.11. The van der Waals surface area contributed by atoms with Crippen molar-refractivity contribution in [2.45, 2.75) is 36.3 Å². The Kier molecular flexibility index (Phi) is 14.9. The molecule has 2 N–H and O–H groups in total. The first kappa shape index (κ1) is 51.9. The zero-order valence-electron chi connectivity index (χ0n) is 35.3. The normalized spacial score (nSPS) is 11.9. The molecule has 372 valence electrons. The number of hydrogen-bond donors (Lipinski definition) is 2. The molecule has 0 fully saturated rings. The van der Waals surface area contributed by atoms with E-state index in [4.69, 9.17) is 28.9 Å². The van der Waals surface area contributed by atoms with Crippen LogP contribution in [0.15, 0.2) is 139 Å². The van der Waals surface area contributed by atoms with E-state index in [9.17, 15) is 47.4 Å². The number of halogens is 8. The van der Waals surface area contributed by atoms with Gasteiger partial charge < -0.3 is 23.7 Å². The first-order valence-corrected chi connectivity index (χ1v) is 24.3. The Morgan fingerprint density at radius 2 is 0.817 bits per heavy atom. The first-order valence-electron chi connectivity index (χ1n) is 19.1. The quantitative estimate of drug-likeness (QED) is 0.0217. The third-order valence-corrected chi connectivity index (χ3v) is 14.8. The lowest BCUT2D eigenvalue weighted by atomic mass is 10.2. The van der Waals surface area contributed by atoms with Gasteiger partial charge >= 0.3 is 0 Å². The molecule has 0 aromatic heterocycles. The van der Waals surface area contributed by atoms with Gasteiger partial charge in [-0.1, -0.05) is 5.04 Å². The molecule has 0 aliphatic carbocycles. The van der Waals surface area contributed by atoms with E-state index in [2.05, 4.69) is 9.37 Å². The van der Waals surface area contributed by atoms with Gasteiger partial charge in [-0.15, -0.1) is 4.33 Å². The number of rotatable bonds is 17. The molecule has 0 bridgehead atoms. The Labute approximate surface area is 399 Å². The molecule has 0 radical (unpaired) electrons. The van der Waals surface area contributed by atoms with Crippen LogP contribution in [0.2, 0.25) is 0 Å². The molecule has 7 aromatic carbocycles. The average molecular weight is 1070 g/mol. The van der Waals surface area contributed by atoms with Crippen LogP contribution in [0.1, 0.15) is 5.56 Å². The van der Waals surface area contributed by atoms with E-state index in [1.165, 1.54) is 31.4 Å². The summed E-state index contributed by atoms with van der Waals surface area (Å²) in [6.07, 6.45) is 0. The highest BCUT2D eigenvalue weighted by Crippen LogP contribution is 2.43. The van der Waals surface area contributed by atoms with Crippen molar-refractivity contribution < 1.29 is 103 Å². The highest BCUT2D eigenvalue weighted by molar-refractivity contribution is 7.95. The number of sulfone groups is 2. The fraction of sp³-hybridized carbons (Fsp3) is 0.0455. The van der Waals surface area contributed by atoms with Gasteiger partial charge in [0.2, 0.25) is 71.8 Å². The van der Waals surface area contributed by atoms with Crippen molar-refractivity contribution in [3.63, 3.8) is 0 Å². The number of benzene rings is 7. The van der Waals surface area contributed by atoms with Gasteiger partial charge in [0.15, 0.2) is 11.6 Å². The summed E-state index contributed by atoms with van der Waals surface area (Å²) < 4.78 is 237. The lowest BCUT2D eigenvalue weighted by Gasteiger charge is -2.16. The topological polar surface area (TPSA) is 207 Å². The molecular weight excluding hydrogens is 1050 g/mol. The lowest BCUT2D eigenvalue weighted by Crippen LogP contribution is -2.07. The summed E-state index contributed by atoms with van der Waals surface area (Å²) in [5, 5.41) is 12.3. The van der Waals surface area contributed by atoms with Crippen LogP contribution in [0, 0.1) is 53.5 Å². The molecule has 0 atom stereocenters. The number of methoxy groups -OCH3 is 1. The molecule has 0 aliphatic heterocycles. The Morgan fingerprint density at radius 3 is 1.27 bits per heavy atom. The third kappa shape index (κ3) is 10.6. The van der Waals surface area contributed by atoms with Gasteiger partial charge in [-0.2, -0.15) is 34.8 Å². The summed E-state index contributed by atoms with van der Waals surface area (Å²) in [7, 11) is -13.0. The van der Waals surface area contributed by atoms with Crippen LogP contribution in [-0.4, -0.2) is 42.2 Å². The van der Waals surface area contributed by atoms with Crippen LogP contribution in [0.25, 0.3) is 0 Å². The van der Waals surface area contributed by atoms with E-state index in [1.807, 2.05) is 0 Å². The summed E-state index contributed by atoms with van der Waals surface area (Å²) >= 11 is -0.0451. The molecule has 0 heterocycles. The maximum Gasteiger partial charge on any atom is 0.298 e. The first-order chi connectivity index (χ1) is 33.5. The van der Waals surface area contributed by atoms with Crippen molar-refractivity contribution in [3.05, 3.63) is 161 Å². The minimum Gasteiger partial charge on any atom is -0.497 e. The van der Waals surface area contributed by atoms with Gasteiger partial charge in [0, 0.05) is 5.56 Å². The maximum absolute atomic E-state index is 15.5. The van der Waals surface area contributed by atoms with Crippen molar-refractivity contribution in [1.82, 2.24) is 0 Å².